The zero-order valence-corrected chi connectivity index (χ0v) is 16.0. The molecular formula is C19H43N3O. The summed E-state index contributed by atoms with van der Waals surface area (Å²) in [7, 11) is 0. The molecule has 4 nitrogen and oxygen atoms in total. The molecule has 0 saturated carbocycles. The molecular weight excluding hydrogens is 286 g/mol. The molecule has 0 aliphatic carbocycles. The number of aliphatic hydroxyl groups excluding tert-OH is 1. The summed E-state index contributed by atoms with van der Waals surface area (Å²) in [5, 5.41) is 19.1. The van der Waals surface area contributed by atoms with E-state index >= 15 is 0 Å². The summed E-state index contributed by atoms with van der Waals surface area (Å²) >= 11 is 0. The molecule has 0 saturated heterocycles. The van der Waals surface area contributed by atoms with E-state index < -0.39 is 6.23 Å². The molecule has 0 heterocycles. The average Bonchev–Trinajstić information content (AvgIpc) is 2.53. The van der Waals surface area contributed by atoms with E-state index in [4.69, 9.17) is 5.11 Å². The van der Waals surface area contributed by atoms with E-state index in [1.54, 1.807) is 6.92 Å². The Morgan fingerprint density at radius 2 is 1.26 bits per heavy atom. The first-order valence-corrected chi connectivity index (χ1v) is 10.0. The predicted molar refractivity (Wildman–Crippen MR) is 102 cm³/mol. The molecule has 0 aromatic heterocycles. The van der Waals surface area contributed by atoms with Crippen LogP contribution in [-0.4, -0.2) is 43.6 Å². The fraction of sp³-hybridized carbons (Fsp3) is 1.00. The second-order valence-corrected chi connectivity index (χ2v) is 6.87. The average molecular weight is 330 g/mol. The van der Waals surface area contributed by atoms with Crippen molar-refractivity contribution in [2.75, 3.05) is 26.2 Å². The molecule has 2 atom stereocenters. The largest absolute Gasteiger partial charge is 0.379 e. The summed E-state index contributed by atoms with van der Waals surface area (Å²) in [6, 6.07) is 0.392. The Kier molecular flexibility index (Phi) is 18.1. The summed E-state index contributed by atoms with van der Waals surface area (Å²) in [4.78, 5) is 0. The third-order valence-corrected chi connectivity index (χ3v) is 4.22. The molecule has 0 aliphatic heterocycles. The SMILES string of the molecule is CCCCCCCCCCCCNCCNC(C)CNC(C)O. The van der Waals surface area contributed by atoms with E-state index in [1.165, 1.54) is 64.2 Å². The Labute approximate surface area is 145 Å². The number of aliphatic hydroxyl groups is 1. The van der Waals surface area contributed by atoms with E-state index in [2.05, 4.69) is 29.8 Å². The number of hydrogen-bond donors (Lipinski definition) is 4. The quantitative estimate of drug-likeness (QED) is 0.230. The first-order valence-electron chi connectivity index (χ1n) is 10.0. The highest BCUT2D eigenvalue weighted by Gasteiger charge is 2.01. The molecule has 0 spiro atoms. The van der Waals surface area contributed by atoms with Gasteiger partial charge in [0.25, 0.3) is 0 Å². The molecule has 4 heteroatoms. The normalized spacial score (nSPS) is 14.1. The van der Waals surface area contributed by atoms with Crippen molar-refractivity contribution in [1.29, 1.82) is 0 Å². The molecule has 0 aromatic rings. The zero-order chi connectivity index (χ0) is 17.2. The third-order valence-electron chi connectivity index (χ3n) is 4.22. The van der Waals surface area contributed by atoms with Gasteiger partial charge < -0.3 is 15.7 Å². The maximum Gasteiger partial charge on any atom is 0.102 e. The van der Waals surface area contributed by atoms with Crippen molar-refractivity contribution in [3.05, 3.63) is 0 Å². The van der Waals surface area contributed by atoms with Crippen molar-refractivity contribution in [2.24, 2.45) is 0 Å². The smallest absolute Gasteiger partial charge is 0.102 e. The summed E-state index contributed by atoms with van der Waals surface area (Å²) in [5.41, 5.74) is 0. The molecule has 0 radical (unpaired) electrons. The molecule has 23 heavy (non-hydrogen) atoms. The third kappa shape index (κ3) is 19.8. The predicted octanol–water partition coefficient (Wildman–Crippen LogP) is 3.40. The molecule has 0 rings (SSSR count). The minimum absolute atomic E-state index is 0.392. The van der Waals surface area contributed by atoms with Gasteiger partial charge in [-0.25, -0.2) is 0 Å². The van der Waals surface area contributed by atoms with Crippen LogP contribution in [0.5, 0.6) is 0 Å². The summed E-state index contributed by atoms with van der Waals surface area (Å²) in [6.45, 7) is 10.1. The molecule has 0 aromatic carbocycles. The molecule has 0 aliphatic rings. The number of nitrogens with one attached hydrogen (secondary N) is 3. The van der Waals surface area contributed by atoms with Crippen LogP contribution < -0.4 is 16.0 Å². The minimum atomic E-state index is -0.422. The lowest BCUT2D eigenvalue weighted by atomic mass is 10.1. The van der Waals surface area contributed by atoms with Crippen LogP contribution in [0.3, 0.4) is 0 Å². The first kappa shape index (κ1) is 22.8. The zero-order valence-electron chi connectivity index (χ0n) is 16.0. The van der Waals surface area contributed by atoms with E-state index in [9.17, 15) is 0 Å². The van der Waals surface area contributed by atoms with Crippen LogP contribution in [0.1, 0.15) is 85.0 Å². The second-order valence-electron chi connectivity index (χ2n) is 6.87. The van der Waals surface area contributed by atoms with Crippen molar-refractivity contribution in [3.8, 4) is 0 Å². The topological polar surface area (TPSA) is 56.3 Å². The minimum Gasteiger partial charge on any atom is -0.379 e. The van der Waals surface area contributed by atoms with Gasteiger partial charge in [-0.1, -0.05) is 64.7 Å². The van der Waals surface area contributed by atoms with Crippen LogP contribution in [-0.2, 0) is 0 Å². The van der Waals surface area contributed by atoms with Crippen molar-refractivity contribution in [3.63, 3.8) is 0 Å². The maximum absolute atomic E-state index is 9.14. The fourth-order valence-electron chi connectivity index (χ4n) is 2.69. The Morgan fingerprint density at radius 3 is 1.83 bits per heavy atom. The van der Waals surface area contributed by atoms with Gasteiger partial charge in [-0.15, -0.1) is 0 Å². The van der Waals surface area contributed by atoms with Crippen LogP contribution in [0.2, 0.25) is 0 Å². The highest BCUT2D eigenvalue weighted by Crippen LogP contribution is 2.10. The van der Waals surface area contributed by atoms with E-state index in [0.717, 1.165) is 26.2 Å². The molecule has 140 valence electrons. The molecule has 2 unspecified atom stereocenters. The van der Waals surface area contributed by atoms with Crippen LogP contribution in [0.15, 0.2) is 0 Å². The van der Waals surface area contributed by atoms with Crippen LogP contribution >= 0.6 is 0 Å². The Hall–Kier alpha value is -0.160. The number of rotatable bonds is 18. The summed E-state index contributed by atoms with van der Waals surface area (Å²) in [6.07, 6.45) is 13.6. The van der Waals surface area contributed by atoms with Gasteiger partial charge in [0.15, 0.2) is 0 Å². The second kappa shape index (κ2) is 18.2. The van der Waals surface area contributed by atoms with Gasteiger partial charge in [-0.3, -0.25) is 5.32 Å². The van der Waals surface area contributed by atoms with Gasteiger partial charge in [0, 0.05) is 25.7 Å². The fourth-order valence-corrected chi connectivity index (χ4v) is 2.69. The van der Waals surface area contributed by atoms with Crippen molar-refractivity contribution >= 4 is 0 Å². The lowest BCUT2D eigenvalue weighted by molar-refractivity contribution is 0.153. The molecule has 0 fully saturated rings. The number of unbranched alkanes of at least 4 members (excludes halogenated alkanes) is 9. The van der Waals surface area contributed by atoms with Gasteiger partial charge in [0.05, 0.1) is 0 Å². The first-order chi connectivity index (χ1) is 11.2. The van der Waals surface area contributed by atoms with Crippen molar-refractivity contribution in [2.45, 2.75) is 97.2 Å². The van der Waals surface area contributed by atoms with Gasteiger partial charge >= 0.3 is 0 Å². The number of hydrogen-bond acceptors (Lipinski definition) is 4. The highest BCUT2D eigenvalue weighted by atomic mass is 16.3. The Morgan fingerprint density at radius 1 is 0.696 bits per heavy atom. The Balaban J connectivity index is 3.07. The molecule has 4 N–H and O–H groups in total. The standard InChI is InChI=1S/C19H43N3O/c1-4-5-6-7-8-9-10-11-12-13-14-20-15-16-21-18(2)17-22-19(3)23/h18-23H,4-17H2,1-3H3. The summed E-state index contributed by atoms with van der Waals surface area (Å²) < 4.78 is 0. The van der Waals surface area contributed by atoms with Crippen molar-refractivity contribution < 1.29 is 5.11 Å². The lowest BCUT2D eigenvalue weighted by Gasteiger charge is -2.16. The van der Waals surface area contributed by atoms with Gasteiger partial charge in [0.1, 0.15) is 6.23 Å². The molecule has 0 bridgehead atoms. The van der Waals surface area contributed by atoms with Crippen LogP contribution in [0, 0.1) is 0 Å². The highest BCUT2D eigenvalue weighted by molar-refractivity contribution is 4.65. The van der Waals surface area contributed by atoms with Gasteiger partial charge in [-0.05, 0) is 26.8 Å². The Bertz CT molecular complexity index is 225. The molecule has 0 amide bonds. The van der Waals surface area contributed by atoms with E-state index in [0.29, 0.717) is 6.04 Å². The van der Waals surface area contributed by atoms with Gasteiger partial charge in [-0.2, -0.15) is 0 Å². The van der Waals surface area contributed by atoms with Crippen LogP contribution in [0.4, 0.5) is 0 Å². The van der Waals surface area contributed by atoms with E-state index in [1.807, 2.05) is 0 Å². The van der Waals surface area contributed by atoms with Crippen molar-refractivity contribution in [1.82, 2.24) is 16.0 Å². The lowest BCUT2D eigenvalue weighted by Crippen LogP contribution is -2.42. The van der Waals surface area contributed by atoms with Gasteiger partial charge in [0.2, 0.25) is 0 Å². The van der Waals surface area contributed by atoms with E-state index in [-0.39, 0.29) is 0 Å². The summed E-state index contributed by atoms with van der Waals surface area (Å²) in [5.74, 6) is 0. The van der Waals surface area contributed by atoms with Crippen LogP contribution in [0.25, 0.3) is 0 Å². The monoisotopic (exact) mass is 329 g/mol. The maximum atomic E-state index is 9.14.